The second-order valence-electron chi connectivity index (χ2n) is 4.09. The number of rotatable bonds is 7. The molecule has 0 fully saturated rings. The molecule has 0 saturated carbocycles. The van der Waals surface area contributed by atoms with Crippen molar-refractivity contribution in [3.05, 3.63) is 35.9 Å². The van der Waals surface area contributed by atoms with Gasteiger partial charge in [0.1, 0.15) is 5.54 Å². The van der Waals surface area contributed by atoms with Crippen LogP contribution in [-0.4, -0.2) is 35.0 Å². The maximum Gasteiger partial charge on any atom is 0.329 e. The van der Waals surface area contributed by atoms with Crippen LogP contribution in [0, 0.1) is 0 Å². The lowest BCUT2D eigenvalue weighted by atomic mass is 9.93. The Hall–Kier alpha value is -1.53. The van der Waals surface area contributed by atoms with Gasteiger partial charge in [0, 0.05) is 12.3 Å². The van der Waals surface area contributed by atoms with Gasteiger partial charge in [0.2, 0.25) is 5.91 Å². The molecule has 104 valence electrons. The molecule has 1 aromatic carbocycles. The van der Waals surface area contributed by atoms with Gasteiger partial charge in [-0.1, -0.05) is 30.3 Å². The number of nitrogens with two attached hydrogens (primary N) is 1. The maximum absolute atomic E-state index is 11.4. The highest BCUT2D eigenvalue weighted by Gasteiger charge is 2.35. The van der Waals surface area contributed by atoms with E-state index in [1.54, 1.807) is 30.3 Å². The molecule has 0 spiro atoms. The number of carbonyl (C=O) groups is 2. The molecular formula is C13H18N2O3S. The first-order valence-electron chi connectivity index (χ1n) is 5.93. The third kappa shape index (κ3) is 4.25. The molecule has 0 aliphatic rings. The summed E-state index contributed by atoms with van der Waals surface area (Å²) in [5, 5.41) is 12.0. The Labute approximate surface area is 116 Å². The average Bonchev–Trinajstić information content (AvgIpc) is 2.39. The molecule has 1 aromatic rings. The van der Waals surface area contributed by atoms with Crippen molar-refractivity contribution < 1.29 is 14.7 Å². The van der Waals surface area contributed by atoms with Gasteiger partial charge in [-0.15, -0.1) is 11.8 Å². The van der Waals surface area contributed by atoms with E-state index >= 15 is 0 Å². The molecule has 1 amide bonds. The van der Waals surface area contributed by atoms with Crippen molar-refractivity contribution in [1.82, 2.24) is 5.32 Å². The van der Waals surface area contributed by atoms with Crippen LogP contribution in [0.15, 0.2) is 30.3 Å². The van der Waals surface area contributed by atoms with E-state index in [0.717, 1.165) is 0 Å². The summed E-state index contributed by atoms with van der Waals surface area (Å²) in [5.41, 5.74) is 5.03. The second-order valence-corrected chi connectivity index (χ2v) is 5.07. The fourth-order valence-corrected chi connectivity index (χ4v) is 2.56. The summed E-state index contributed by atoms with van der Waals surface area (Å²) < 4.78 is 0. The first-order chi connectivity index (χ1) is 9.00. The Kier molecular flexibility index (Phi) is 5.85. The molecule has 4 N–H and O–H groups in total. The molecule has 5 nitrogen and oxygen atoms in total. The van der Waals surface area contributed by atoms with Crippen LogP contribution >= 0.6 is 11.8 Å². The predicted molar refractivity (Wildman–Crippen MR) is 76.0 cm³/mol. The topological polar surface area (TPSA) is 92.4 Å². The van der Waals surface area contributed by atoms with Gasteiger partial charge in [0.25, 0.3) is 0 Å². The summed E-state index contributed by atoms with van der Waals surface area (Å²) in [7, 11) is 0. The zero-order valence-electron chi connectivity index (χ0n) is 10.8. The zero-order valence-corrected chi connectivity index (χ0v) is 11.6. The van der Waals surface area contributed by atoms with E-state index in [9.17, 15) is 14.7 Å². The van der Waals surface area contributed by atoms with Crippen LogP contribution in [0.25, 0.3) is 0 Å². The summed E-state index contributed by atoms with van der Waals surface area (Å²) in [6.45, 7) is 2.39. The molecule has 0 heterocycles. The predicted octanol–water partition coefficient (Wildman–Crippen LogP) is 0.795. The first kappa shape index (κ1) is 15.5. The van der Waals surface area contributed by atoms with E-state index in [1.807, 2.05) is 6.92 Å². The van der Waals surface area contributed by atoms with Crippen LogP contribution in [0.3, 0.4) is 0 Å². The molecule has 0 aliphatic carbocycles. The Morgan fingerprint density at radius 2 is 2.00 bits per heavy atom. The highest BCUT2D eigenvalue weighted by Crippen LogP contribution is 2.23. The van der Waals surface area contributed by atoms with Gasteiger partial charge in [-0.05, 0) is 12.5 Å². The van der Waals surface area contributed by atoms with Crippen LogP contribution in [-0.2, 0) is 15.1 Å². The number of nitrogens with one attached hydrogen (secondary N) is 1. The van der Waals surface area contributed by atoms with Crippen molar-refractivity contribution in [2.24, 2.45) is 5.73 Å². The highest BCUT2D eigenvalue weighted by molar-refractivity contribution is 8.00. The Morgan fingerprint density at radius 3 is 2.53 bits per heavy atom. The van der Waals surface area contributed by atoms with Crippen molar-refractivity contribution in [3.63, 3.8) is 0 Å². The summed E-state index contributed by atoms with van der Waals surface area (Å²) in [4.78, 5) is 22.7. The van der Waals surface area contributed by atoms with Crippen molar-refractivity contribution in [2.75, 3.05) is 18.1 Å². The summed E-state index contributed by atoms with van der Waals surface area (Å²) in [6, 6.07) is 8.65. The fraction of sp³-hybridized carbons (Fsp3) is 0.385. The number of carbonyl (C=O) groups excluding carboxylic acids is 1. The lowest BCUT2D eigenvalue weighted by Gasteiger charge is -2.24. The first-order valence-corrected chi connectivity index (χ1v) is 7.08. The Bertz CT molecular complexity index is 439. The Balaban J connectivity index is 2.69. The molecule has 1 unspecified atom stereocenters. The molecule has 0 aliphatic heterocycles. The van der Waals surface area contributed by atoms with E-state index in [4.69, 9.17) is 5.73 Å². The normalized spacial score (nSPS) is 13.6. The maximum atomic E-state index is 11.4. The number of amides is 1. The van der Waals surface area contributed by atoms with Crippen LogP contribution in [0.5, 0.6) is 0 Å². The van der Waals surface area contributed by atoms with Crippen molar-refractivity contribution in [2.45, 2.75) is 12.5 Å². The van der Waals surface area contributed by atoms with Crippen molar-refractivity contribution in [1.29, 1.82) is 0 Å². The van der Waals surface area contributed by atoms with Gasteiger partial charge >= 0.3 is 5.97 Å². The van der Waals surface area contributed by atoms with Gasteiger partial charge in [0.05, 0.1) is 5.75 Å². The third-order valence-electron chi connectivity index (χ3n) is 2.61. The van der Waals surface area contributed by atoms with E-state index in [2.05, 4.69) is 5.32 Å². The minimum Gasteiger partial charge on any atom is -0.480 e. The van der Waals surface area contributed by atoms with Crippen LogP contribution in [0.4, 0.5) is 0 Å². The van der Waals surface area contributed by atoms with Crippen LogP contribution in [0.2, 0.25) is 0 Å². The van der Waals surface area contributed by atoms with Gasteiger partial charge in [-0.2, -0.15) is 0 Å². The quantitative estimate of drug-likeness (QED) is 0.688. The second kappa shape index (κ2) is 7.16. The van der Waals surface area contributed by atoms with E-state index in [-0.39, 0.29) is 17.4 Å². The van der Waals surface area contributed by atoms with E-state index in [1.165, 1.54) is 11.8 Å². The van der Waals surface area contributed by atoms with Crippen LogP contribution < -0.4 is 11.1 Å². The minimum absolute atomic E-state index is 0.117. The number of carboxylic acid groups (broad SMARTS) is 1. The average molecular weight is 282 g/mol. The number of thioether (sulfide) groups is 1. The van der Waals surface area contributed by atoms with Gasteiger partial charge in [-0.3, -0.25) is 4.79 Å². The lowest BCUT2D eigenvalue weighted by Crippen LogP contribution is -2.47. The minimum atomic E-state index is -1.47. The zero-order chi connectivity index (χ0) is 14.3. The number of carboxylic acids is 1. The largest absolute Gasteiger partial charge is 0.480 e. The third-order valence-corrected chi connectivity index (χ3v) is 3.73. The fourth-order valence-electron chi connectivity index (χ4n) is 1.56. The van der Waals surface area contributed by atoms with Crippen molar-refractivity contribution in [3.8, 4) is 0 Å². The lowest BCUT2D eigenvalue weighted by molar-refractivity contribution is -0.142. The van der Waals surface area contributed by atoms with Crippen molar-refractivity contribution >= 4 is 23.6 Å². The monoisotopic (exact) mass is 282 g/mol. The SMILES string of the molecule is CCNC(=O)CSCC(N)(C(=O)O)c1ccccc1. The standard InChI is InChI=1S/C13H18N2O3S/c1-2-15-11(16)8-19-9-13(14,12(17)18)10-6-4-3-5-7-10/h3-7H,2,8-9,14H2,1H3,(H,15,16)(H,17,18). The molecule has 0 radical (unpaired) electrons. The van der Waals surface area contributed by atoms with E-state index in [0.29, 0.717) is 12.1 Å². The van der Waals surface area contributed by atoms with Crippen LogP contribution in [0.1, 0.15) is 12.5 Å². The number of hydrogen-bond donors (Lipinski definition) is 3. The molecule has 0 aromatic heterocycles. The molecule has 0 bridgehead atoms. The van der Waals surface area contributed by atoms with Gasteiger partial charge in [0.15, 0.2) is 0 Å². The number of benzene rings is 1. The van der Waals surface area contributed by atoms with E-state index < -0.39 is 11.5 Å². The Morgan fingerprint density at radius 1 is 1.37 bits per heavy atom. The molecule has 1 atom stereocenters. The molecule has 1 rings (SSSR count). The smallest absolute Gasteiger partial charge is 0.329 e. The molecule has 19 heavy (non-hydrogen) atoms. The summed E-state index contributed by atoms with van der Waals surface area (Å²) in [6.07, 6.45) is 0. The van der Waals surface area contributed by atoms with Gasteiger partial charge in [-0.25, -0.2) is 4.79 Å². The molecule has 6 heteroatoms. The highest BCUT2D eigenvalue weighted by atomic mass is 32.2. The molecule has 0 saturated heterocycles. The van der Waals surface area contributed by atoms with Gasteiger partial charge < -0.3 is 16.2 Å². The molecular weight excluding hydrogens is 264 g/mol. The summed E-state index contributed by atoms with van der Waals surface area (Å²) in [5.74, 6) is -0.869. The number of aliphatic carboxylic acids is 1. The number of hydrogen-bond acceptors (Lipinski definition) is 4. The summed E-state index contributed by atoms with van der Waals surface area (Å²) >= 11 is 1.21.